The molecule has 6 heteroatoms. The van der Waals surface area contributed by atoms with Gasteiger partial charge < -0.3 is 9.73 Å². The zero-order valence-electron chi connectivity index (χ0n) is 17.3. The maximum atomic E-state index is 12.6. The van der Waals surface area contributed by atoms with Gasteiger partial charge in [0.05, 0.1) is 0 Å². The van der Waals surface area contributed by atoms with Crippen LogP contribution in [0, 0.1) is 6.92 Å². The van der Waals surface area contributed by atoms with Crippen molar-refractivity contribution in [2.75, 3.05) is 5.32 Å². The summed E-state index contributed by atoms with van der Waals surface area (Å²) in [5, 5.41) is 8.10. The van der Waals surface area contributed by atoms with E-state index in [-0.39, 0.29) is 11.0 Å². The highest BCUT2D eigenvalue weighted by Crippen LogP contribution is 2.26. The summed E-state index contributed by atoms with van der Waals surface area (Å²) in [6, 6.07) is 26.9. The molecule has 1 heterocycles. The lowest BCUT2D eigenvalue weighted by Gasteiger charge is -2.10. The van der Waals surface area contributed by atoms with E-state index in [1.54, 1.807) is 6.07 Å². The van der Waals surface area contributed by atoms with Crippen LogP contribution in [-0.4, -0.2) is 16.0 Å². The highest BCUT2D eigenvalue weighted by molar-refractivity contribution is 7.80. The Bertz CT molecular complexity index is 1490. The Morgan fingerprint density at radius 1 is 0.906 bits per heavy atom. The molecular formula is C26H19N3O2S. The number of carbonyl (C=O) groups excluding carboxylic acids is 1. The van der Waals surface area contributed by atoms with Gasteiger partial charge in [0.25, 0.3) is 5.91 Å². The first-order chi connectivity index (χ1) is 15.5. The molecule has 4 aromatic carbocycles. The van der Waals surface area contributed by atoms with Crippen LogP contribution in [0.1, 0.15) is 15.9 Å². The van der Waals surface area contributed by atoms with Crippen LogP contribution in [0.4, 0.5) is 5.69 Å². The molecule has 32 heavy (non-hydrogen) atoms. The van der Waals surface area contributed by atoms with Crippen LogP contribution in [0.25, 0.3) is 33.3 Å². The molecule has 0 radical (unpaired) electrons. The van der Waals surface area contributed by atoms with E-state index >= 15 is 0 Å². The largest absolute Gasteiger partial charge is 0.436 e. The van der Waals surface area contributed by atoms with E-state index in [1.807, 2.05) is 85.8 Å². The summed E-state index contributed by atoms with van der Waals surface area (Å²) in [5.74, 6) is 0.263. The number of aromatic nitrogens is 1. The molecule has 156 valence electrons. The second-order valence-electron chi connectivity index (χ2n) is 7.54. The molecule has 0 bridgehead atoms. The fraction of sp³-hybridized carbons (Fsp3) is 0.0385. The number of hydrogen-bond acceptors (Lipinski definition) is 4. The van der Waals surface area contributed by atoms with Crippen molar-refractivity contribution in [3.05, 3.63) is 96.1 Å². The molecule has 5 rings (SSSR count). The normalized spacial score (nSPS) is 10.9. The van der Waals surface area contributed by atoms with Crippen molar-refractivity contribution in [2.24, 2.45) is 0 Å². The number of anilines is 1. The van der Waals surface area contributed by atoms with E-state index in [0.29, 0.717) is 11.5 Å². The molecule has 1 amide bonds. The van der Waals surface area contributed by atoms with Crippen molar-refractivity contribution >= 4 is 50.8 Å². The molecule has 2 N–H and O–H groups in total. The van der Waals surface area contributed by atoms with Crippen molar-refractivity contribution in [3.63, 3.8) is 0 Å². The number of carbonyl (C=O) groups is 1. The number of amides is 1. The van der Waals surface area contributed by atoms with Crippen molar-refractivity contribution in [2.45, 2.75) is 6.92 Å². The van der Waals surface area contributed by atoms with Crippen molar-refractivity contribution < 1.29 is 9.21 Å². The summed E-state index contributed by atoms with van der Waals surface area (Å²) < 4.78 is 5.91. The number of hydrogen-bond donors (Lipinski definition) is 2. The minimum atomic E-state index is -0.265. The predicted molar refractivity (Wildman–Crippen MR) is 132 cm³/mol. The van der Waals surface area contributed by atoms with Crippen LogP contribution in [-0.2, 0) is 0 Å². The van der Waals surface area contributed by atoms with Crippen LogP contribution in [0.2, 0.25) is 0 Å². The molecule has 0 fully saturated rings. The van der Waals surface area contributed by atoms with Crippen LogP contribution in [0.5, 0.6) is 0 Å². The Hall–Kier alpha value is -4.03. The maximum Gasteiger partial charge on any atom is 0.257 e. The predicted octanol–water partition coefficient (Wildman–Crippen LogP) is 6.08. The van der Waals surface area contributed by atoms with Gasteiger partial charge in [0.1, 0.15) is 5.52 Å². The summed E-state index contributed by atoms with van der Waals surface area (Å²) in [5.41, 5.74) is 4.75. The topological polar surface area (TPSA) is 67.2 Å². The van der Waals surface area contributed by atoms with Gasteiger partial charge in [0.2, 0.25) is 5.89 Å². The third-order valence-corrected chi connectivity index (χ3v) is 5.35. The van der Waals surface area contributed by atoms with Crippen LogP contribution in [0.15, 0.2) is 89.3 Å². The van der Waals surface area contributed by atoms with Gasteiger partial charge in [-0.3, -0.25) is 10.1 Å². The Kier molecular flexibility index (Phi) is 5.13. The third kappa shape index (κ3) is 4.08. The lowest BCUT2D eigenvalue weighted by molar-refractivity contribution is 0.0978. The number of oxazole rings is 1. The van der Waals surface area contributed by atoms with Gasteiger partial charge in [-0.25, -0.2) is 4.98 Å². The lowest BCUT2D eigenvalue weighted by Crippen LogP contribution is -2.34. The standard InChI is InChI=1S/C26H19N3O2S/c1-16-9-12-22-23(13-16)31-25(28-22)20-7-4-8-21(15-20)27-26(32)29-24(30)19-11-10-17-5-2-3-6-18(17)14-19/h2-15H,1H3,(H2,27,29,30,32). The van der Waals surface area contributed by atoms with Gasteiger partial charge in [-0.2, -0.15) is 0 Å². The summed E-state index contributed by atoms with van der Waals surface area (Å²) in [6.45, 7) is 2.01. The molecule has 5 nitrogen and oxygen atoms in total. The monoisotopic (exact) mass is 437 g/mol. The summed E-state index contributed by atoms with van der Waals surface area (Å²) in [7, 11) is 0. The van der Waals surface area contributed by atoms with E-state index in [2.05, 4.69) is 15.6 Å². The average Bonchev–Trinajstić information content (AvgIpc) is 3.22. The van der Waals surface area contributed by atoms with E-state index in [0.717, 1.165) is 38.7 Å². The van der Waals surface area contributed by atoms with E-state index in [9.17, 15) is 4.79 Å². The molecule has 0 saturated carbocycles. The number of fused-ring (bicyclic) bond motifs is 2. The van der Waals surface area contributed by atoms with E-state index < -0.39 is 0 Å². The van der Waals surface area contributed by atoms with Gasteiger partial charge >= 0.3 is 0 Å². The van der Waals surface area contributed by atoms with Crippen molar-refractivity contribution in [1.29, 1.82) is 0 Å². The highest BCUT2D eigenvalue weighted by Gasteiger charge is 2.11. The Morgan fingerprint density at radius 2 is 1.75 bits per heavy atom. The zero-order chi connectivity index (χ0) is 22.1. The van der Waals surface area contributed by atoms with Crippen LogP contribution >= 0.6 is 12.2 Å². The van der Waals surface area contributed by atoms with Crippen LogP contribution < -0.4 is 10.6 Å². The molecule has 0 atom stereocenters. The Labute approximate surface area is 190 Å². The number of thiocarbonyl (C=S) groups is 1. The molecule has 0 spiro atoms. The second-order valence-corrected chi connectivity index (χ2v) is 7.95. The third-order valence-electron chi connectivity index (χ3n) is 5.15. The van der Waals surface area contributed by atoms with Gasteiger partial charge in [0.15, 0.2) is 10.7 Å². The summed E-state index contributed by atoms with van der Waals surface area (Å²) in [6.07, 6.45) is 0. The fourth-order valence-electron chi connectivity index (χ4n) is 3.55. The number of rotatable bonds is 3. The average molecular weight is 438 g/mol. The quantitative estimate of drug-likeness (QED) is 0.335. The van der Waals surface area contributed by atoms with Gasteiger partial charge in [-0.15, -0.1) is 0 Å². The molecular weight excluding hydrogens is 418 g/mol. The molecule has 0 saturated heterocycles. The van der Waals surface area contributed by atoms with Crippen molar-refractivity contribution in [3.8, 4) is 11.5 Å². The molecule has 5 aromatic rings. The van der Waals surface area contributed by atoms with Gasteiger partial charge in [0, 0.05) is 16.8 Å². The first-order valence-electron chi connectivity index (χ1n) is 10.1. The lowest BCUT2D eigenvalue weighted by atomic mass is 10.1. The second kappa shape index (κ2) is 8.24. The van der Waals surface area contributed by atoms with Gasteiger partial charge in [-0.05, 0) is 77.9 Å². The number of nitrogens with one attached hydrogen (secondary N) is 2. The maximum absolute atomic E-state index is 12.6. The van der Waals surface area contributed by atoms with Crippen LogP contribution in [0.3, 0.4) is 0 Å². The molecule has 0 aliphatic carbocycles. The fourth-order valence-corrected chi connectivity index (χ4v) is 3.76. The number of aryl methyl sites for hydroxylation is 1. The minimum Gasteiger partial charge on any atom is -0.436 e. The minimum absolute atomic E-state index is 0.216. The SMILES string of the molecule is Cc1ccc2nc(-c3cccc(NC(=S)NC(=O)c4ccc5ccccc5c4)c3)oc2c1. The Balaban J connectivity index is 1.31. The van der Waals surface area contributed by atoms with E-state index in [1.165, 1.54) is 0 Å². The first kappa shape index (κ1) is 19.9. The molecule has 0 aliphatic rings. The summed E-state index contributed by atoms with van der Waals surface area (Å²) >= 11 is 5.35. The smallest absolute Gasteiger partial charge is 0.257 e. The number of benzene rings is 4. The first-order valence-corrected chi connectivity index (χ1v) is 10.5. The highest BCUT2D eigenvalue weighted by atomic mass is 32.1. The van der Waals surface area contributed by atoms with Gasteiger partial charge in [-0.1, -0.05) is 42.5 Å². The zero-order valence-corrected chi connectivity index (χ0v) is 18.1. The summed E-state index contributed by atoms with van der Waals surface area (Å²) in [4.78, 5) is 17.2. The molecule has 1 aromatic heterocycles. The molecule has 0 aliphatic heterocycles. The van der Waals surface area contributed by atoms with Crippen molar-refractivity contribution in [1.82, 2.24) is 10.3 Å². The number of nitrogens with zero attached hydrogens (tertiary/aromatic N) is 1. The van der Waals surface area contributed by atoms with E-state index in [4.69, 9.17) is 16.6 Å². The Morgan fingerprint density at radius 3 is 2.62 bits per heavy atom. The molecule has 0 unspecified atom stereocenters.